The molecular formula is C15H16N8O6S2. The van der Waals surface area contributed by atoms with Crippen LogP contribution in [-0.4, -0.2) is 75.1 Å². The lowest BCUT2D eigenvalue weighted by atomic mass is 9.94. The van der Waals surface area contributed by atoms with Crippen LogP contribution in [0.2, 0.25) is 0 Å². The number of nitrogens with two attached hydrogens (primary N) is 3. The molecule has 0 aromatic carbocycles. The highest BCUT2D eigenvalue weighted by Crippen LogP contribution is 2.39. The van der Waals surface area contributed by atoms with Gasteiger partial charge in [-0.3, -0.25) is 19.3 Å². The summed E-state index contributed by atoms with van der Waals surface area (Å²) in [7, 11) is 1.23. The molecule has 1 aromatic heterocycles. The Labute approximate surface area is 182 Å². The number of rotatable bonds is 7. The summed E-state index contributed by atoms with van der Waals surface area (Å²) in [6, 6.07) is -1.74. The van der Waals surface area contributed by atoms with Crippen molar-refractivity contribution in [2.75, 3.05) is 18.6 Å². The molecule has 31 heavy (non-hydrogen) atoms. The van der Waals surface area contributed by atoms with Gasteiger partial charge in [0.05, 0.1) is 10.9 Å². The van der Waals surface area contributed by atoms with Crippen molar-refractivity contribution >= 4 is 63.3 Å². The molecule has 1 aromatic rings. The maximum Gasteiger partial charge on any atom is 0.353 e. The van der Waals surface area contributed by atoms with Crippen LogP contribution in [0.4, 0.5) is 5.13 Å². The molecule has 3 amide bonds. The standard InChI is InChI=1S/C15H16N8O6S2/c1-29-22-6(4-2-31-15(17)19-4)12(25)20-7-5-3-30-10(8(21-18)11(16)24)9(14(27)28)23(5)13(7)26/h2,5,7H,3,18H2,1H3,(H2,16,24)(H2,17,19)(H,20,25)(H,27,28). The Bertz CT molecular complexity index is 1060. The Hall–Kier alpha value is -3.66. The highest BCUT2D eigenvalue weighted by atomic mass is 32.2. The molecule has 0 spiro atoms. The fourth-order valence-corrected chi connectivity index (χ4v) is 4.85. The second-order valence-corrected chi connectivity index (χ2v) is 7.98. The van der Waals surface area contributed by atoms with Gasteiger partial charge in [-0.2, -0.15) is 5.10 Å². The summed E-state index contributed by atoms with van der Waals surface area (Å²) in [5, 5.41) is 20.7. The van der Waals surface area contributed by atoms with Crippen molar-refractivity contribution in [1.29, 1.82) is 0 Å². The Morgan fingerprint density at radius 1 is 1.39 bits per heavy atom. The Morgan fingerprint density at radius 2 is 2.10 bits per heavy atom. The molecule has 8 N–H and O–H groups in total. The number of primary amides is 1. The minimum Gasteiger partial charge on any atom is -0.477 e. The fraction of sp³-hybridized carbons (Fsp3) is 0.267. The van der Waals surface area contributed by atoms with Crippen LogP contribution in [0.1, 0.15) is 5.69 Å². The summed E-state index contributed by atoms with van der Waals surface area (Å²) in [6.45, 7) is 0. The molecule has 0 radical (unpaired) electrons. The molecule has 0 saturated carbocycles. The summed E-state index contributed by atoms with van der Waals surface area (Å²) in [5.74, 6) is 1.32. The molecule has 1 fully saturated rings. The van der Waals surface area contributed by atoms with Crippen molar-refractivity contribution in [3.8, 4) is 0 Å². The number of hydrogen-bond donors (Lipinski definition) is 5. The number of anilines is 1. The number of aromatic nitrogens is 1. The van der Waals surface area contributed by atoms with Gasteiger partial charge in [-0.25, -0.2) is 9.78 Å². The van der Waals surface area contributed by atoms with Crippen LogP contribution >= 0.6 is 23.1 Å². The van der Waals surface area contributed by atoms with Crippen molar-refractivity contribution in [1.82, 2.24) is 15.2 Å². The molecule has 0 bridgehead atoms. The third-order valence-corrected chi connectivity index (χ3v) is 6.16. The van der Waals surface area contributed by atoms with E-state index in [1.54, 1.807) is 0 Å². The van der Waals surface area contributed by atoms with Gasteiger partial charge in [0.15, 0.2) is 16.6 Å². The topological polar surface area (TPSA) is 229 Å². The molecular weight excluding hydrogens is 452 g/mol. The third-order valence-electron chi connectivity index (χ3n) is 4.30. The van der Waals surface area contributed by atoms with E-state index in [1.165, 1.54) is 12.5 Å². The molecule has 164 valence electrons. The number of aliphatic carboxylic acids is 1. The van der Waals surface area contributed by atoms with Gasteiger partial charge in [-0.1, -0.05) is 5.16 Å². The van der Waals surface area contributed by atoms with Gasteiger partial charge in [0.2, 0.25) is 0 Å². The number of carboxylic acids is 1. The summed E-state index contributed by atoms with van der Waals surface area (Å²) >= 11 is 2.02. The maximum absolute atomic E-state index is 12.7. The molecule has 14 nitrogen and oxygen atoms in total. The first-order valence-electron chi connectivity index (χ1n) is 8.36. The molecule has 2 atom stereocenters. The van der Waals surface area contributed by atoms with E-state index >= 15 is 0 Å². The average molecular weight is 468 g/mol. The highest BCUT2D eigenvalue weighted by Gasteiger charge is 2.55. The molecule has 16 heteroatoms. The number of carbonyl (C=O) groups excluding carboxylic acids is 3. The highest BCUT2D eigenvalue weighted by molar-refractivity contribution is 8.04. The number of hydrogen-bond acceptors (Lipinski definition) is 12. The minimum atomic E-state index is -1.48. The number of amides is 3. The number of hydrazone groups is 1. The van der Waals surface area contributed by atoms with Gasteiger partial charge in [-0.15, -0.1) is 23.1 Å². The van der Waals surface area contributed by atoms with Crippen LogP contribution in [-0.2, 0) is 24.0 Å². The number of carbonyl (C=O) groups is 4. The van der Waals surface area contributed by atoms with Gasteiger partial charge in [0.1, 0.15) is 24.5 Å². The predicted octanol–water partition coefficient (Wildman–Crippen LogP) is -2.39. The zero-order valence-corrected chi connectivity index (χ0v) is 17.4. The second kappa shape index (κ2) is 8.60. The maximum atomic E-state index is 12.7. The van der Waals surface area contributed by atoms with Crippen molar-refractivity contribution in [3.05, 3.63) is 21.7 Å². The predicted molar refractivity (Wildman–Crippen MR) is 111 cm³/mol. The lowest BCUT2D eigenvalue weighted by Gasteiger charge is -2.49. The zero-order valence-electron chi connectivity index (χ0n) is 15.8. The fourth-order valence-electron chi connectivity index (χ4n) is 3.01. The molecule has 2 aliphatic rings. The van der Waals surface area contributed by atoms with Crippen LogP contribution < -0.4 is 22.6 Å². The third kappa shape index (κ3) is 3.89. The smallest absolute Gasteiger partial charge is 0.353 e. The number of nitrogens with one attached hydrogen (secondary N) is 1. The first-order chi connectivity index (χ1) is 14.7. The molecule has 2 aliphatic heterocycles. The quantitative estimate of drug-likeness (QED) is 0.123. The van der Waals surface area contributed by atoms with Crippen LogP contribution in [0.3, 0.4) is 0 Å². The van der Waals surface area contributed by atoms with Crippen molar-refractivity contribution < 1.29 is 29.1 Å². The number of nitrogen functional groups attached to an aromatic ring is 1. The molecule has 3 heterocycles. The van der Waals surface area contributed by atoms with Crippen LogP contribution in [0.5, 0.6) is 0 Å². The number of nitrogens with zero attached hydrogens (tertiary/aromatic N) is 4. The van der Waals surface area contributed by atoms with E-state index in [-0.39, 0.29) is 27.2 Å². The SMILES string of the molecule is CON=C(C(=O)NC1C(=O)N2C(C(=O)O)=C(C(=NN)C(N)=O)SCC12)c1csc(N)n1. The molecule has 3 rings (SSSR count). The van der Waals surface area contributed by atoms with Gasteiger partial charge in [0.25, 0.3) is 17.7 Å². The summed E-state index contributed by atoms with van der Waals surface area (Å²) < 4.78 is 0. The number of oxime groups is 1. The lowest BCUT2D eigenvalue weighted by Crippen LogP contribution is -2.73. The van der Waals surface area contributed by atoms with Crippen LogP contribution in [0.25, 0.3) is 0 Å². The van der Waals surface area contributed by atoms with Crippen molar-refractivity contribution in [2.24, 2.45) is 21.8 Å². The van der Waals surface area contributed by atoms with Gasteiger partial charge in [0, 0.05) is 11.1 Å². The van der Waals surface area contributed by atoms with Gasteiger partial charge >= 0.3 is 5.97 Å². The van der Waals surface area contributed by atoms with Gasteiger partial charge < -0.3 is 32.6 Å². The Kier molecular flexibility index (Phi) is 6.11. The van der Waals surface area contributed by atoms with E-state index in [0.717, 1.165) is 28.0 Å². The molecule has 1 saturated heterocycles. The average Bonchev–Trinajstić information content (AvgIpc) is 3.15. The summed E-state index contributed by atoms with van der Waals surface area (Å²) in [4.78, 5) is 58.2. The monoisotopic (exact) mass is 468 g/mol. The normalized spacial score (nSPS) is 21.3. The summed E-state index contributed by atoms with van der Waals surface area (Å²) in [5.41, 5.74) is 9.78. The number of fused-ring (bicyclic) bond motifs is 1. The van der Waals surface area contributed by atoms with Crippen molar-refractivity contribution in [3.63, 3.8) is 0 Å². The van der Waals surface area contributed by atoms with E-state index in [0.29, 0.717) is 0 Å². The zero-order chi connectivity index (χ0) is 22.9. The number of thioether (sulfide) groups is 1. The molecule has 0 aliphatic carbocycles. The van der Waals surface area contributed by atoms with E-state index in [9.17, 15) is 24.3 Å². The van der Waals surface area contributed by atoms with Crippen LogP contribution in [0.15, 0.2) is 26.2 Å². The van der Waals surface area contributed by atoms with E-state index in [4.69, 9.17) is 17.3 Å². The van der Waals surface area contributed by atoms with E-state index < -0.39 is 47.2 Å². The first kappa shape index (κ1) is 22.0. The first-order valence-corrected chi connectivity index (χ1v) is 10.2. The Balaban J connectivity index is 1.86. The van der Waals surface area contributed by atoms with Gasteiger partial charge in [-0.05, 0) is 0 Å². The van der Waals surface area contributed by atoms with Crippen LogP contribution in [0, 0.1) is 0 Å². The second-order valence-electron chi connectivity index (χ2n) is 6.06. The van der Waals surface area contributed by atoms with Crippen molar-refractivity contribution in [2.45, 2.75) is 12.1 Å². The number of carboxylic acid groups (broad SMARTS) is 1. The lowest BCUT2D eigenvalue weighted by molar-refractivity contribution is -0.153. The van der Waals surface area contributed by atoms with E-state index in [2.05, 4.69) is 25.4 Å². The minimum absolute atomic E-state index is 0.128. The molecule has 2 unspecified atom stereocenters. The van der Waals surface area contributed by atoms with E-state index in [1.807, 2.05) is 0 Å². The largest absolute Gasteiger partial charge is 0.477 e. The number of β-lactam (4-membered cyclic amide) rings is 1. The number of thiazole rings is 1. The summed E-state index contributed by atoms with van der Waals surface area (Å²) in [6.07, 6.45) is 0. The Morgan fingerprint density at radius 3 is 2.61 bits per heavy atom.